The lowest BCUT2D eigenvalue weighted by molar-refractivity contribution is -0.154. The van der Waals surface area contributed by atoms with E-state index in [1.807, 2.05) is 65.0 Å². The maximum absolute atomic E-state index is 13.4. The summed E-state index contributed by atoms with van der Waals surface area (Å²) in [4.78, 5) is 39.6. The molecule has 9 heteroatoms. The third kappa shape index (κ3) is 12.7. The first-order valence-corrected chi connectivity index (χ1v) is 14.8. The average Bonchev–Trinajstić information content (AvgIpc) is 2.97. The van der Waals surface area contributed by atoms with E-state index >= 15 is 0 Å². The molecule has 0 aliphatic rings. The molecule has 232 valence electrons. The molecular formula is C32H52N2O7. The Hall–Kier alpha value is -2.78. The summed E-state index contributed by atoms with van der Waals surface area (Å²) in [5.41, 5.74) is 5.07. The Morgan fingerprint density at radius 2 is 1.56 bits per heavy atom. The Balaban J connectivity index is 3.43. The number of aliphatic hydroxyl groups excluding tert-OH is 1. The zero-order valence-corrected chi connectivity index (χ0v) is 25.7. The van der Waals surface area contributed by atoms with Crippen LogP contribution in [0.3, 0.4) is 0 Å². The SMILES string of the molecule is CCCCOC(=O)C(CC(CC(CC(C)(C)C(=O)OCCN)c1ccccc1)C(=O)OCCO)CC(C)(C=N)CC. The molecule has 0 amide bonds. The van der Waals surface area contributed by atoms with Crippen molar-refractivity contribution < 1.29 is 33.7 Å². The summed E-state index contributed by atoms with van der Waals surface area (Å²) in [5.74, 6) is -2.85. The molecule has 1 rings (SSSR count). The number of carbonyl (C=O) groups is 3. The van der Waals surface area contributed by atoms with Crippen molar-refractivity contribution in [2.75, 3.05) is 33.0 Å². The molecule has 0 aromatic heterocycles. The average molecular weight is 577 g/mol. The monoisotopic (exact) mass is 576 g/mol. The highest BCUT2D eigenvalue weighted by atomic mass is 16.5. The molecule has 1 aromatic carbocycles. The Labute approximate surface area is 246 Å². The molecule has 1 aromatic rings. The molecule has 0 heterocycles. The highest BCUT2D eigenvalue weighted by Crippen LogP contribution is 2.40. The van der Waals surface area contributed by atoms with Crippen molar-refractivity contribution in [2.45, 2.75) is 85.5 Å². The summed E-state index contributed by atoms with van der Waals surface area (Å²) in [6, 6.07) is 9.64. The number of unbranched alkanes of at least 4 members (excludes halogenated alkanes) is 1. The van der Waals surface area contributed by atoms with E-state index in [1.54, 1.807) is 0 Å². The number of aliphatic hydroxyl groups is 1. The number of ether oxygens (including phenoxy) is 3. The van der Waals surface area contributed by atoms with Crippen LogP contribution in [0.4, 0.5) is 0 Å². The van der Waals surface area contributed by atoms with Crippen molar-refractivity contribution in [3.8, 4) is 0 Å². The molecule has 0 fully saturated rings. The summed E-state index contributed by atoms with van der Waals surface area (Å²) in [6.07, 6.45) is 4.86. The van der Waals surface area contributed by atoms with Gasteiger partial charge in [0.15, 0.2) is 0 Å². The van der Waals surface area contributed by atoms with Crippen LogP contribution in [0.25, 0.3) is 0 Å². The number of nitrogens with two attached hydrogens (primary N) is 1. The highest BCUT2D eigenvalue weighted by Gasteiger charge is 2.38. The van der Waals surface area contributed by atoms with Crippen LogP contribution in [0.15, 0.2) is 30.3 Å². The minimum absolute atomic E-state index is 0.124. The van der Waals surface area contributed by atoms with E-state index in [-0.39, 0.29) is 50.6 Å². The second-order valence-electron chi connectivity index (χ2n) is 11.8. The molecule has 0 saturated carbocycles. The number of carbonyl (C=O) groups excluding carboxylic acids is 3. The van der Waals surface area contributed by atoms with Gasteiger partial charge in [0.2, 0.25) is 0 Å². The number of rotatable bonds is 21. The molecule has 4 N–H and O–H groups in total. The van der Waals surface area contributed by atoms with Crippen molar-refractivity contribution in [3.05, 3.63) is 35.9 Å². The maximum atomic E-state index is 13.4. The van der Waals surface area contributed by atoms with Crippen molar-refractivity contribution in [2.24, 2.45) is 28.4 Å². The summed E-state index contributed by atoms with van der Waals surface area (Å²) in [5, 5.41) is 17.3. The topological polar surface area (TPSA) is 149 Å². The van der Waals surface area contributed by atoms with Crippen LogP contribution in [-0.4, -0.2) is 62.2 Å². The van der Waals surface area contributed by atoms with E-state index in [4.69, 9.17) is 25.4 Å². The van der Waals surface area contributed by atoms with E-state index in [0.717, 1.165) is 18.4 Å². The molecule has 41 heavy (non-hydrogen) atoms. The molecule has 0 aliphatic carbocycles. The molecule has 0 saturated heterocycles. The van der Waals surface area contributed by atoms with Crippen LogP contribution in [0.5, 0.6) is 0 Å². The minimum Gasteiger partial charge on any atom is -0.465 e. The Morgan fingerprint density at radius 1 is 0.927 bits per heavy atom. The van der Waals surface area contributed by atoms with Gasteiger partial charge in [0.05, 0.1) is 30.5 Å². The van der Waals surface area contributed by atoms with Crippen LogP contribution in [0, 0.1) is 28.1 Å². The molecule has 0 bridgehead atoms. The second kappa shape index (κ2) is 18.6. The van der Waals surface area contributed by atoms with Crippen molar-refractivity contribution >= 4 is 24.1 Å². The largest absolute Gasteiger partial charge is 0.465 e. The van der Waals surface area contributed by atoms with Crippen molar-refractivity contribution in [1.29, 1.82) is 5.41 Å². The predicted molar refractivity (Wildman–Crippen MR) is 160 cm³/mol. The number of benzene rings is 1. The van der Waals surface area contributed by atoms with E-state index in [2.05, 4.69) is 0 Å². The highest BCUT2D eigenvalue weighted by molar-refractivity contribution is 5.77. The fourth-order valence-electron chi connectivity index (χ4n) is 4.91. The standard InChI is InChI=1S/C32H52N2O7/c1-6-8-16-39-29(37)27(22-32(5,7-2)23-34)20-25(28(36)40-18-15-35)19-26(24-12-10-9-11-13-24)21-31(3,4)30(38)41-17-14-33/h9-13,23,25-27,34-35H,6-8,14-22,33H2,1-5H3. The van der Waals surface area contributed by atoms with E-state index in [9.17, 15) is 19.5 Å². The third-order valence-electron chi connectivity index (χ3n) is 7.68. The lowest BCUT2D eigenvalue weighted by Crippen LogP contribution is -2.34. The molecule has 9 nitrogen and oxygen atoms in total. The van der Waals surface area contributed by atoms with Crippen LogP contribution in [-0.2, 0) is 28.6 Å². The second-order valence-corrected chi connectivity index (χ2v) is 11.8. The van der Waals surface area contributed by atoms with Gasteiger partial charge in [-0.1, -0.05) is 57.5 Å². The number of hydrogen-bond donors (Lipinski definition) is 3. The first-order chi connectivity index (χ1) is 19.5. The number of esters is 3. The molecule has 0 aliphatic heterocycles. The Bertz CT molecular complexity index is 937. The van der Waals surface area contributed by atoms with Gasteiger partial charge in [-0.2, -0.15) is 0 Å². The Kier molecular flexibility index (Phi) is 16.5. The lowest BCUT2D eigenvalue weighted by Gasteiger charge is -2.32. The van der Waals surface area contributed by atoms with Gasteiger partial charge in [-0.05, 0) is 63.9 Å². The van der Waals surface area contributed by atoms with Crippen LogP contribution < -0.4 is 5.73 Å². The van der Waals surface area contributed by atoms with E-state index in [1.165, 1.54) is 6.21 Å². The first-order valence-electron chi connectivity index (χ1n) is 14.8. The van der Waals surface area contributed by atoms with Crippen molar-refractivity contribution in [3.63, 3.8) is 0 Å². The summed E-state index contributed by atoms with van der Waals surface area (Å²) < 4.78 is 16.3. The van der Waals surface area contributed by atoms with Crippen LogP contribution in [0.1, 0.15) is 91.0 Å². The van der Waals surface area contributed by atoms with Crippen molar-refractivity contribution in [1.82, 2.24) is 0 Å². The van der Waals surface area contributed by atoms with Gasteiger partial charge in [0.1, 0.15) is 13.2 Å². The normalized spacial score (nSPS) is 15.2. The molecule has 0 spiro atoms. The predicted octanol–water partition coefficient (Wildman–Crippen LogP) is 5.04. The third-order valence-corrected chi connectivity index (χ3v) is 7.68. The number of nitrogens with one attached hydrogen (secondary N) is 1. The summed E-state index contributed by atoms with van der Waals surface area (Å²) >= 11 is 0. The molecule has 4 atom stereocenters. The fraction of sp³-hybridized carbons (Fsp3) is 0.688. The smallest absolute Gasteiger partial charge is 0.311 e. The molecule has 4 unspecified atom stereocenters. The maximum Gasteiger partial charge on any atom is 0.311 e. The van der Waals surface area contributed by atoms with Gasteiger partial charge in [-0.3, -0.25) is 14.4 Å². The lowest BCUT2D eigenvalue weighted by atomic mass is 9.73. The summed E-state index contributed by atoms with van der Waals surface area (Å²) in [6.45, 7) is 9.71. The Morgan fingerprint density at radius 3 is 2.12 bits per heavy atom. The van der Waals surface area contributed by atoms with Gasteiger partial charge in [-0.25, -0.2) is 0 Å². The first kappa shape index (κ1) is 36.2. The van der Waals surface area contributed by atoms with E-state index in [0.29, 0.717) is 32.3 Å². The van der Waals surface area contributed by atoms with Crippen LogP contribution >= 0.6 is 0 Å². The zero-order chi connectivity index (χ0) is 30.9. The summed E-state index contributed by atoms with van der Waals surface area (Å²) in [7, 11) is 0. The molecule has 0 radical (unpaired) electrons. The van der Waals surface area contributed by atoms with Gasteiger partial charge < -0.3 is 30.5 Å². The number of hydrogen-bond acceptors (Lipinski definition) is 9. The fourth-order valence-corrected chi connectivity index (χ4v) is 4.91. The van der Waals surface area contributed by atoms with Gasteiger partial charge in [0, 0.05) is 18.2 Å². The molecular weight excluding hydrogens is 524 g/mol. The zero-order valence-electron chi connectivity index (χ0n) is 25.7. The van der Waals surface area contributed by atoms with Gasteiger partial charge >= 0.3 is 17.9 Å². The van der Waals surface area contributed by atoms with E-state index < -0.39 is 28.6 Å². The van der Waals surface area contributed by atoms with Crippen LogP contribution in [0.2, 0.25) is 0 Å². The van der Waals surface area contributed by atoms with Gasteiger partial charge in [-0.15, -0.1) is 0 Å². The van der Waals surface area contributed by atoms with Gasteiger partial charge in [0.25, 0.3) is 0 Å². The quantitative estimate of drug-likeness (QED) is 0.0798. The minimum atomic E-state index is -0.866.